The molecule has 19 heavy (non-hydrogen) atoms. The number of carbonyl (C=O) groups excluding carboxylic acids is 1. The summed E-state index contributed by atoms with van der Waals surface area (Å²) in [4.78, 5) is 12.5. The Morgan fingerprint density at radius 2 is 1.79 bits per heavy atom. The Labute approximate surface area is 112 Å². The number of hydrogen-bond acceptors (Lipinski definition) is 2. The summed E-state index contributed by atoms with van der Waals surface area (Å²) in [7, 11) is 0. The standard InChI is InChI=1S/C15H19FN2O/c16-11-5-6-12-13(9-11)17-10-15(14(19)18-12)7-3-1-2-4-8-15/h5-6,9,17H,1-4,7-8,10H2,(H,18,19). The molecule has 2 aliphatic rings. The van der Waals surface area contributed by atoms with Crippen molar-refractivity contribution in [3.63, 3.8) is 0 Å². The fraction of sp³-hybridized carbons (Fsp3) is 0.533. The monoisotopic (exact) mass is 262 g/mol. The maximum atomic E-state index is 13.3. The first-order valence-corrected chi connectivity index (χ1v) is 7.05. The van der Waals surface area contributed by atoms with Crippen molar-refractivity contribution in [2.75, 3.05) is 17.2 Å². The normalized spacial score (nSPS) is 21.8. The molecule has 2 N–H and O–H groups in total. The van der Waals surface area contributed by atoms with Crippen LogP contribution in [0.25, 0.3) is 0 Å². The van der Waals surface area contributed by atoms with E-state index in [1.807, 2.05) is 0 Å². The highest BCUT2D eigenvalue weighted by Crippen LogP contribution is 2.39. The van der Waals surface area contributed by atoms with Gasteiger partial charge in [0.05, 0.1) is 16.8 Å². The molecule has 1 fully saturated rings. The minimum atomic E-state index is -0.327. The van der Waals surface area contributed by atoms with Gasteiger partial charge >= 0.3 is 0 Å². The van der Waals surface area contributed by atoms with Gasteiger partial charge in [0, 0.05) is 6.54 Å². The Hall–Kier alpha value is -1.58. The van der Waals surface area contributed by atoms with Gasteiger partial charge in [-0.2, -0.15) is 0 Å². The molecular weight excluding hydrogens is 243 g/mol. The first kappa shape index (κ1) is 12.5. The summed E-state index contributed by atoms with van der Waals surface area (Å²) in [6, 6.07) is 4.46. The number of anilines is 2. The molecule has 0 radical (unpaired) electrons. The van der Waals surface area contributed by atoms with E-state index in [9.17, 15) is 9.18 Å². The predicted molar refractivity (Wildman–Crippen MR) is 73.7 cm³/mol. The van der Waals surface area contributed by atoms with Crippen molar-refractivity contribution in [2.24, 2.45) is 5.41 Å². The fourth-order valence-electron chi connectivity index (χ4n) is 3.18. The van der Waals surface area contributed by atoms with Crippen LogP contribution < -0.4 is 10.6 Å². The number of rotatable bonds is 0. The summed E-state index contributed by atoms with van der Waals surface area (Å²) in [6.07, 6.45) is 6.44. The van der Waals surface area contributed by atoms with Crippen molar-refractivity contribution in [3.05, 3.63) is 24.0 Å². The second-order valence-electron chi connectivity index (χ2n) is 5.69. The van der Waals surface area contributed by atoms with E-state index in [-0.39, 0.29) is 17.1 Å². The molecule has 102 valence electrons. The zero-order valence-corrected chi connectivity index (χ0v) is 11.0. The molecule has 0 aromatic heterocycles. The first-order valence-electron chi connectivity index (χ1n) is 7.05. The van der Waals surface area contributed by atoms with Crippen molar-refractivity contribution in [1.29, 1.82) is 0 Å². The quantitative estimate of drug-likeness (QED) is 0.751. The SMILES string of the molecule is O=C1Nc2ccc(F)cc2NCC12CCCCCC2. The number of nitrogens with one attached hydrogen (secondary N) is 2. The van der Waals surface area contributed by atoms with Crippen LogP contribution >= 0.6 is 0 Å². The smallest absolute Gasteiger partial charge is 0.232 e. The van der Waals surface area contributed by atoms with E-state index in [0.29, 0.717) is 17.9 Å². The molecule has 3 nitrogen and oxygen atoms in total. The second kappa shape index (κ2) is 4.83. The van der Waals surface area contributed by atoms with Gasteiger partial charge in [0.25, 0.3) is 0 Å². The average molecular weight is 262 g/mol. The molecule has 0 bridgehead atoms. The van der Waals surface area contributed by atoms with Crippen LogP contribution in [0.4, 0.5) is 15.8 Å². The Morgan fingerprint density at radius 1 is 1.05 bits per heavy atom. The lowest BCUT2D eigenvalue weighted by Crippen LogP contribution is -2.39. The maximum absolute atomic E-state index is 13.3. The van der Waals surface area contributed by atoms with E-state index in [1.54, 1.807) is 6.07 Å². The highest BCUT2D eigenvalue weighted by Gasteiger charge is 2.40. The molecule has 1 spiro atoms. The predicted octanol–water partition coefficient (Wildman–Crippen LogP) is 3.53. The first-order chi connectivity index (χ1) is 9.20. The molecule has 1 aliphatic carbocycles. The molecule has 1 aromatic rings. The number of halogens is 1. The van der Waals surface area contributed by atoms with Gasteiger partial charge in [-0.3, -0.25) is 4.79 Å². The van der Waals surface area contributed by atoms with Gasteiger partial charge in [-0.05, 0) is 31.0 Å². The summed E-state index contributed by atoms with van der Waals surface area (Å²) < 4.78 is 13.3. The van der Waals surface area contributed by atoms with Crippen molar-refractivity contribution in [2.45, 2.75) is 38.5 Å². The maximum Gasteiger partial charge on any atom is 0.232 e. The minimum absolute atomic E-state index is 0.0901. The summed E-state index contributed by atoms with van der Waals surface area (Å²) >= 11 is 0. The number of benzene rings is 1. The minimum Gasteiger partial charge on any atom is -0.382 e. The Morgan fingerprint density at radius 3 is 2.53 bits per heavy atom. The van der Waals surface area contributed by atoms with Crippen molar-refractivity contribution >= 4 is 17.3 Å². The molecule has 4 heteroatoms. The van der Waals surface area contributed by atoms with E-state index in [4.69, 9.17) is 0 Å². The largest absolute Gasteiger partial charge is 0.382 e. The van der Waals surface area contributed by atoms with Crippen LogP contribution in [-0.2, 0) is 4.79 Å². The van der Waals surface area contributed by atoms with E-state index < -0.39 is 0 Å². The third-order valence-corrected chi connectivity index (χ3v) is 4.39. The van der Waals surface area contributed by atoms with Crippen LogP contribution in [0.15, 0.2) is 18.2 Å². The van der Waals surface area contributed by atoms with Crippen molar-refractivity contribution < 1.29 is 9.18 Å². The van der Waals surface area contributed by atoms with Gasteiger partial charge < -0.3 is 10.6 Å². The number of hydrogen-bond donors (Lipinski definition) is 2. The highest BCUT2D eigenvalue weighted by atomic mass is 19.1. The van der Waals surface area contributed by atoms with Gasteiger partial charge in [-0.15, -0.1) is 0 Å². The fourth-order valence-corrected chi connectivity index (χ4v) is 3.18. The van der Waals surface area contributed by atoms with Crippen LogP contribution in [0.3, 0.4) is 0 Å². The molecule has 1 saturated carbocycles. The third-order valence-electron chi connectivity index (χ3n) is 4.39. The summed E-state index contributed by atoms with van der Waals surface area (Å²) in [6.45, 7) is 0.606. The molecule has 0 unspecified atom stereocenters. The van der Waals surface area contributed by atoms with Crippen LogP contribution in [0.5, 0.6) is 0 Å². The van der Waals surface area contributed by atoms with Crippen LogP contribution in [0.1, 0.15) is 38.5 Å². The van der Waals surface area contributed by atoms with Gasteiger partial charge in [0.2, 0.25) is 5.91 Å². The summed E-state index contributed by atoms with van der Waals surface area (Å²) in [5, 5.41) is 6.23. The van der Waals surface area contributed by atoms with E-state index >= 15 is 0 Å². The molecule has 0 saturated heterocycles. The van der Waals surface area contributed by atoms with E-state index in [0.717, 1.165) is 25.7 Å². The van der Waals surface area contributed by atoms with Crippen LogP contribution in [0.2, 0.25) is 0 Å². The van der Waals surface area contributed by atoms with Gasteiger partial charge in [-0.25, -0.2) is 4.39 Å². The van der Waals surface area contributed by atoms with Crippen LogP contribution in [0, 0.1) is 11.2 Å². The Bertz CT molecular complexity index is 493. The number of carbonyl (C=O) groups is 1. The zero-order valence-electron chi connectivity index (χ0n) is 11.0. The van der Waals surface area contributed by atoms with Crippen LogP contribution in [-0.4, -0.2) is 12.5 Å². The van der Waals surface area contributed by atoms with E-state index in [1.165, 1.54) is 25.0 Å². The van der Waals surface area contributed by atoms with Gasteiger partial charge in [0.15, 0.2) is 0 Å². The Balaban J connectivity index is 1.90. The van der Waals surface area contributed by atoms with E-state index in [2.05, 4.69) is 10.6 Å². The number of amides is 1. The van der Waals surface area contributed by atoms with Crippen molar-refractivity contribution in [3.8, 4) is 0 Å². The third kappa shape index (κ3) is 2.31. The van der Waals surface area contributed by atoms with Gasteiger partial charge in [0.1, 0.15) is 5.82 Å². The highest BCUT2D eigenvalue weighted by molar-refractivity contribution is 5.99. The molecule has 3 rings (SSSR count). The number of fused-ring (bicyclic) bond motifs is 1. The second-order valence-corrected chi connectivity index (χ2v) is 5.69. The summed E-state index contributed by atoms with van der Waals surface area (Å²) in [5.74, 6) is -0.190. The molecule has 1 heterocycles. The molecule has 1 amide bonds. The lowest BCUT2D eigenvalue weighted by Gasteiger charge is -2.29. The Kier molecular flexibility index (Phi) is 3.17. The molecule has 0 atom stereocenters. The van der Waals surface area contributed by atoms with Crippen molar-refractivity contribution in [1.82, 2.24) is 0 Å². The lowest BCUT2D eigenvalue weighted by atomic mass is 9.79. The average Bonchev–Trinajstić information content (AvgIpc) is 2.71. The topological polar surface area (TPSA) is 41.1 Å². The van der Waals surface area contributed by atoms with Gasteiger partial charge in [-0.1, -0.05) is 25.7 Å². The molecule has 1 aliphatic heterocycles. The lowest BCUT2D eigenvalue weighted by molar-refractivity contribution is -0.125. The molecular formula is C15H19FN2O. The summed E-state index contributed by atoms with van der Waals surface area (Å²) in [5.41, 5.74) is 1.05. The zero-order chi connectivity index (χ0) is 13.3. The molecule has 1 aromatic carbocycles.